The fourth-order valence-electron chi connectivity index (χ4n) is 2.69. The molecule has 0 aliphatic rings. The molecule has 0 saturated carbocycles. The van der Waals surface area contributed by atoms with Gasteiger partial charge in [0.25, 0.3) is 0 Å². The third-order valence-corrected chi connectivity index (χ3v) is 3.93. The third kappa shape index (κ3) is 8.72. The molecule has 0 aliphatic heterocycles. The van der Waals surface area contributed by atoms with Crippen LogP contribution in [0.15, 0.2) is 43.0 Å². The number of hydrogen-bond donors (Lipinski definition) is 1. The van der Waals surface area contributed by atoms with Crippen molar-refractivity contribution in [3.05, 3.63) is 48.6 Å². The van der Waals surface area contributed by atoms with Gasteiger partial charge in [-0.25, -0.2) is 0 Å². The van der Waals surface area contributed by atoms with Gasteiger partial charge in [-0.2, -0.15) is 0 Å². The van der Waals surface area contributed by atoms with Gasteiger partial charge >= 0.3 is 0 Å². The predicted molar refractivity (Wildman–Crippen MR) is 94.8 cm³/mol. The first-order valence-corrected chi connectivity index (χ1v) is 8.60. The van der Waals surface area contributed by atoms with E-state index in [-0.39, 0.29) is 0 Å². The van der Waals surface area contributed by atoms with Crippen LogP contribution in [-0.4, -0.2) is 13.1 Å². The van der Waals surface area contributed by atoms with Crippen molar-refractivity contribution in [2.45, 2.75) is 58.3 Å². The van der Waals surface area contributed by atoms with Crippen LogP contribution in [0.5, 0.6) is 0 Å². The monoisotopic (exact) mass is 287 g/mol. The predicted octanol–water partition coefficient (Wildman–Crippen LogP) is 5.54. The Hall–Kier alpha value is -1.08. The number of rotatable bonds is 12. The first-order chi connectivity index (χ1) is 10.2. The van der Waals surface area contributed by atoms with Crippen molar-refractivity contribution in [2.75, 3.05) is 13.1 Å². The van der Waals surface area contributed by atoms with Gasteiger partial charge in [-0.3, -0.25) is 0 Å². The highest BCUT2D eigenvalue weighted by atomic mass is 14.9. The Morgan fingerprint density at radius 2 is 1.71 bits per heavy atom. The summed E-state index contributed by atoms with van der Waals surface area (Å²) in [6, 6.07) is 11.0. The Bertz CT molecular complexity index is 355. The zero-order valence-corrected chi connectivity index (χ0v) is 14.0. The van der Waals surface area contributed by atoms with Gasteiger partial charge in [-0.15, -0.1) is 6.58 Å². The quantitative estimate of drug-likeness (QED) is 0.393. The second-order valence-electron chi connectivity index (χ2n) is 6.44. The molecule has 1 unspecified atom stereocenters. The van der Waals surface area contributed by atoms with E-state index in [2.05, 4.69) is 56.1 Å². The second-order valence-corrected chi connectivity index (χ2v) is 6.44. The lowest BCUT2D eigenvalue weighted by atomic mass is 9.92. The summed E-state index contributed by atoms with van der Waals surface area (Å²) in [5.74, 6) is 1.38. The molecular weight excluding hydrogens is 254 g/mol. The molecule has 0 saturated heterocycles. The van der Waals surface area contributed by atoms with E-state index in [0.29, 0.717) is 5.92 Å². The minimum atomic E-state index is 0.657. The molecule has 1 rings (SSSR count). The molecule has 0 aliphatic carbocycles. The minimum Gasteiger partial charge on any atom is -0.316 e. The largest absolute Gasteiger partial charge is 0.316 e. The topological polar surface area (TPSA) is 12.0 Å². The molecule has 1 heteroatoms. The molecule has 0 bridgehead atoms. The van der Waals surface area contributed by atoms with Crippen LogP contribution < -0.4 is 5.32 Å². The molecule has 1 N–H and O–H groups in total. The van der Waals surface area contributed by atoms with E-state index in [1.807, 2.05) is 6.08 Å². The average Bonchev–Trinajstić information content (AvgIpc) is 2.49. The molecule has 1 aromatic rings. The van der Waals surface area contributed by atoms with Crippen molar-refractivity contribution in [1.82, 2.24) is 5.32 Å². The summed E-state index contributed by atoms with van der Waals surface area (Å²) in [7, 11) is 0. The number of nitrogens with one attached hydrogen (secondary N) is 1. The summed E-state index contributed by atoms with van der Waals surface area (Å²) < 4.78 is 0. The van der Waals surface area contributed by atoms with Crippen LogP contribution in [0.1, 0.15) is 63.9 Å². The smallest absolute Gasteiger partial charge is 0.00202 e. The summed E-state index contributed by atoms with van der Waals surface area (Å²) >= 11 is 0. The second kappa shape index (κ2) is 11.6. The molecule has 1 nitrogen and oxygen atoms in total. The van der Waals surface area contributed by atoms with Crippen LogP contribution in [-0.2, 0) is 0 Å². The zero-order valence-electron chi connectivity index (χ0n) is 14.0. The van der Waals surface area contributed by atoms with Gasteiger partial charge in [0.05, 0.1) is 0 Å². The van der Waals surface area contributed by atoms with E-state index in [9.17, 15) is 0 Å². The lowest BCUT2D eigenvalue weighted by Gasteiger charge is -2.19. The minimum absolute atomic E-state index is 0.657. The van der Waals surface area contributed by atoms with E-state index in [1.165, 1.54) is 37.7 Å². The standard InChI is InChI=1S/C20H33N/c1-4-5-6-7-8-10-15-20(17-21-16-18(2)3)19-13-11-9-12-14-19/h4,9,11-14,18,20-21H,1,5-8,10,15-17H2,2-3H3. The van der Waals surface area contributed by atoms with Gasteiger partial charge < -0.3 is 5.32 Å². The molecule has 0 heterocycles. The lowest BCUT2D eigenvalue weighted by molar-refractivity contribution is 0.482. The fourth-order valence-corrected chi connectivity index (χ4v) is 2.69. The normalized spacial score (nSPS) is 12.5. The van der Waals surface area contributed by atoms with E-state index < -0.39 is 0 Å². The van der Waals surface area contributed by atoms with Crippen LogP contribution in [0, 0.1) is 5.92 Å². The highest BCUT2D eigenvalue weighted by Gasteiger charge is 2.10. The van der Waals surface area contributed by atoms with Gasteiger partial charge in [0.1, 0.15) is 0 Å². The van der Waals surface area contributed by atoms with Crippen molar-refractivity contribution in [3.8, 4) is 0 Å². The van der Waals surface area contributed by atoms with Gasteiger partial charge in [0, 0.05) is 6.54 Å². The maximum absolute atomic E-state index is 3.79. The van der Waals surface area contributed by atoms with E-state index >= 15 is 0 Å². The number of unbranched alkanes of at least 4 members (excludes halogenated alkanes) is 4. The Morgan fingerprint density at radius 3 is 2.38 bits per heavy atom. The van der Waals surface area contributed by atoms with Crippen LogP contribution in [0.3, 0.4) is 0 Å². The first-order valence-electron chi connectivity index (χ1n) is 8.60. The van der Waals surface area contributed by atoms with Crippen LogP contribution in [0.4, 0.5) is 0 Å². The summed E-state index contributed by atoms with van der Waals surface area (Å²) in [4.78, 5) is 0. The number of allylic oxidation sites excluding steroid dienone is 1. The van der Waals surface area contributed by atoms with Crippen LogP contribution >= 0.6 is 0 Å². The first kappa shape index (κ1) is 18.0. The third-order valence-electron chi connectivity index (χ3n) is 3.93. The SMILES string of the molecule is C=CCCCCCCC(CNCC(C)C)c1ccccc1. The summed E-state index contributed by atoms with van der Waals surface area (Å²) in [5.41, 5.74) is 1.49. The van der Waals surface area contributed by atoms with Gasteiger partial charge in [-0.05, 0) is 43.2 Å². The highest BCUT2D eigenvalue weighted by molar-refractivity contribution is 5.19. The Labute approximate surface area is 131 Å². The fraction of sp³-hybridized carbons (Fsp3) is 0.600. The highest BCUT2D eigenvalue weighted by Crippen LogP contribution is 2.22. The molecular formula is C20H33N. The summed E-state index contributed by atoms with van der Waals surface area (Å²) in [6.07, 6.45) is 9.81. The molecule has 21 heavy (non-hydrogen) atoms. The molecule has 0 spiro atoms. The Balaban J connectivity index is 2.35. The van der Waals surface area contributed by atoms with Crippen molar-refractivity contribution in [1.29, 1.82) is 0 Å². The van der Waals surface area contributed by atoms with Crippen molar-refractivity contribution in [2.24, 2.45) is 5.92 Å². The van der Waals surface area contributed by atoms with E-state index in [4.69, 9.17) is 0 Å². The molecule has 118 valence electrons. The molecule has 1 aromatic carbocycles. The van der Waals surface area contributed by atoms with Gasteiger partial charge in [-0.1, -0.05) is 69.5 Å². The average molecular weight is 287 g/mol. The van der Waals surface area contributed by atoms with Crippen molar-refractivity contribution < 1.29 is 0 Å². The van der Waals surface area contributed by atoms with Crippen molar-refractivity contribution in [3.63, 3.8) is 0 Å². The number of benzene rings is 1. The van der Waals surface area contributed by atoms with E-state index in [0.717, 1.165) is 25.4 Å². The summed E-state index contributed by atoms with van der Waals surface area (Å²) in [5, 5.41) is 3.63. The van der Waals surface area contributed by atoms with Crippen molar-refractivity contribution >= 4 is 0 Å². The maximum atomic E-state index is 3.79. The van der Waals surface area contributed by atoms with Crippen LogP contribution in [0.2, 0.25) is 0 Å². The lowest BCUT2D eigenvalue weighted by Crippen LogP contribution is -2.25. The van der Waals surface area contributed by atoms with E-state index in [1.54, 1.807) is 0 Å². The molecule has 0 aromatic heterocycles. The van der Waals surface area contributed by atoms with Gasteiger partial charge in [0.15, 0.2) is 0 Å². The molecule has 0 amide bonds. The van der Waals surface area contributed by atoms with Gasteiger partial charge in [0.2, 0.25) is 0 Å². The number of hydrogen-bond acceptors (Lipinski definition) is 1. The maximum Gasteiger partial charge on any atom is 0.00202 e. The molecule has 1 atom stereocenters. The molecule has 0 fully saturated rings. The summed E-state index contributed by atoms with van der Waals surface area (Å²) in [6.45, 7) is 10.5. The molecule has 0 radical (unpaired) electrons. The Morgan fingerprint density at radius 1 is 1.00 bits per heavy atom. The Kier molecular flexibility index (Phi) is 9.90. The van der Waals surface area contributed by atoms with Crippen LogP contribution in [0.25, 0.3) is 0 Å². The zero-order chi connectivity index (χ0) is 15.3.